The molecule has 0 unspecified atom stereocenters. The maximum atomic E-state index is 13.3. The second kappa shape index (κ2) is 3.73. The fraction of sp³-hybridized carbons (Fsp3) is 0.100. The molecule has 0 saturated heterocycles. The summed E-state index contributed by atoms with van der Waals surface area (Å²) < 4.78 is 22.8. The highest BCUT2D eigenvalue weighted by atomic mass is 19.1. The van der Waals surface area contributed by atoms with Gasteiger partial charge in [-0.15, -0.1) is 0 Å². The van der Waals surface area contributed by atoms with E-state index in [1.54, 1.807) is 0 Å². The molecule has 6 heteroatoms. The van der Waals surface area contributed by atoms with Gasteiger partial charge in [-0.05, 0) is 17.7 Å². The summed E-state index contributed by atoms with van der Waals surface area (Å²) in [6, 6.07) is 2.57. The van der Waals surface area contributed by atoms with E-state index in [1.807, 2.05) is 0 Å². The zero-order valence-corrected chi connectivity index (χ0v) is 8.40. The molecule has 5 nitrogen and oxygen atoms in total. The predicted molar refractivity (Wildman–Crippen MR) is 54.5 cm³/mol. The van der Waals surface area contributed by atoms with Crippen molar-refractivity contribution in [1.82, 2.24) is 5.16 Å². The number of hydrogen-bond donors (Lipinski definition) is 2. The lowest BCUT2D eigenvalue weighted by atomic mass is 10.1. The Balaban J connectivity index is 2.59. The van der Waals surface area contributed by atoms with Crippen molar-refractivity contribution in [2.24, 2.45) is 0 Å². The average Bonchev–Trinajstić information content (AvgIpc) is 2.68. The molecule has 3 N–H and O–H groups in total. The van der Waals surface area contributed by atoms with Gasteiger partial charge < -0.3 is 20.1 Å². The molecule has 1 aromatic carbocycles. The van der Waals surface area contributed by atoms with Crippen LogP contribution in [0, 0.1) is 5.82 Å². The Labute approximate surface area is 90.2 Å². The number of methoxy groups -OCH3 is 1. The summed E-state index contributed by atoms with van der Waals surface area (Å²) in [5, 5.41) is 12.8. The summed E-state index contributed by atoms with van der Waals surface area (Å²) in [6.07, 6.45) is 1.36. The van der Waals surface area contributed by atoms with E-state index in [2.05, 4.69) is 9.68 Å². The first kappa shape index (κ1) is 10.3. The summed E-state index contributed by atoms with van der Waals surface area (Å²) in [6.45, 7) is 0. The quantitative estimate of drug-likeness (QED) is 0.812. The molecular weight excluding hydrogens is 215 g/mol. The smallest absolute Gasteiger partial charge is 0.229 e. The standard InChI is InChI=1S/C10H9FN2O3/c1-15-8-3-5(2-7(11)9(8)14)6-4-13-16-10(6)12/h2-4,14H,12H2,1H3. The fourth-order valence-electron chi connectivity index (χ4n) is 1.35. The number of nitrogens with two attached hydrogens (primary N) is 1. The Morgan fingerprint density at radius 2 is 2.25 bits per heavy atom. The molecule has 84 valence electrons. The van der Waals surface area contributed by atoms with E-state index in [0.29, 0.717) is 11.1 Å². The van der Waals surface area contributed by atoms with Gasteiger partial charge in [-0.1, -0.05) is 5.16 Å². The summed E-state index contributed by atoms with van der Waals surface area (Å²) >= 11 is 0. The third-order valence-corrected chi connectivity index (χ3v) is 2.16. The number of phenolic OH excluding ortho intramolecular Hbond substituents is 1. The van der Waals surface area contributed by atoms with Crippen LogP contribution in [0.1, 0.15) is 0 Å². The first-order valence-corrected chi connectivity index (χ1v) is 4.40. The molecule has 0 aliphatic rings. The molecular formula is C10H9FN2O3. The molecule has 2 rings (SSSR count). The molecule has 0 saturated carbocycles. The first-order valence-electron chi connectivity index (χ1n) is 4.40. The van der Waals surface area contributed by atoms with Gasteiger partial charge in [0.1, 0.15) is 0 Å². The van der Waals surface area contributed by atoms with Gasteiger partial charge in [-0.2, -0.15) is 0 Å². The molecule has 0 amide bonds. The van der Waals surface area contributed by atoms with Crippen molar-refractivity contribution >= 4 is 5.88 Å². The number of nitrogen functional groups attached to an aromatic ring is 1. The molecule has 1 heterocycles. The lowest BCUT2D eigenvalue weighted by Crippen LogP contribution is -1.90. The van der Waals surface area contributed by atoms with Crippen molar-refractivity contribution < 1.29 is 18.8 Å². The van der Waals surface area contributed by atoms with Crippen molar-refractivity contribution in [3.05, 3.63) is 24.1 Å². The van der Waals surface area contributed by atoms with Crippen LogP contribution in [0.25, 0.3) is 11.1 Å². The molecule has 0 aliphatic heterocycles. The van der Waals surface area contributed by atoms with Crippen LogP contribution in [-0.4, -0.2) is 17.4 Å². The summed E-state index contributed by atoms with van der Waals surface area (Å²) in [5.74, 6) is -1.24. The van der Waals surface area contributed by atoms with E-state index >= 15 is 0 Å². The lowest BCUT2D eigenvalue weighted by Gasteiger charge is -2.06. The van der Waals surface area contributed by atoms with Crippen molar-refractivity contribution in [2.75, 3.05) is 12.8 Å². The van der Waals surface area contributed by atoms with Crippen molar-refractivity contribution in [2.45, 2.75) is 0 Å². The number of hydrogen-bond acceptors (Lipinski definition) is 5. The highest BCUT2D eigenvalue weighted by molar-refractivity contribution is 5.74. The maximum absolute atomic E-state index is 13.3. The van der Waals surface area contributed by atoms with E-state index in [0.717, 1.165) is 6.07 Å². The zero-order valence-electron chi connectivity index (χ0n) is 8.40. The van der Waals surface area contributed by atoms with E-state index in [4.69, 9.17) is 10.5 Å². The van der Waals surface area contributed by atoms with Gasteiger partial charge in [0.15, 0.2) is 17.3 Å². The van der Waals surface area contributed by atoms with Crippen LogP contribution in [0.4, 0.5) is 10.3 Å². The van der Waals surface area contributed by atoms with Gasteiger partial charge in [-0.25, -0.2) is 4.39 Å². The van der Waals surface area contributed by atoms with Crippen molar-refractivity contribution in [1.29, 1.82) is 0 Å². The Kier molecular flexibility index (Phi) is 2.40. The normalized spacial score (nSPS) is 10.4. The number of anilines is 1. The number of rotatable bonds is 2. The second-order valence-electron chi connectivity index (χ2n) is 3.11. The predicted octanol–water partition coefficient (Wildman–Crippen LogP) is 1.78. The zero-order chi connectivity index (χ0) is 11.7. The molecule has 2 aromatic rings. The Hall–Kier alpha value is -2.24. The van der Waals surface area contributed by atoms with Crippen LogP contribution in [-0.2, 0) is 0 Å². The molecule has 0 aliphatic carbocycles. The molecule has 1 aromatic heterocycles. The average molecular weight is 224 g/mol. The lowest BCUT2D eigenvalue weighted by molar-refractivity contribution is 0.357. The highest BCUT2D eigenvalue weighted by Crippen LogP contribution is 2.35. The van der Waals surface area contributed by atoms with E-state index in [9.17, 15) is 9.50 Å². The number of aromatic hydroxyl groups is 1. The van der Waals surface area contributed by atoms with Gasteiger partial charge >= 0.3 is 0 Å². The third-order valence-electron chi connectivity index (χ3n) is 2.16. The maximum Gasteiger partial charge on any atom is 0.229 e. The Morgan fingerprint density at radius 1 is 1.50 bits per heavy atom. The monoisotopic (exact) mass is 224 g/mol. The van der Waals surface area contributed by atoms with Crippen LogP contribution in [0.2, 0.25) is 0 Å². The molecule has 0 bridgehead atoms. The van der Waals surface area contributed by atoms with E-state index < -0.39 is 11.6 Å². The Bertz CT molecular complexity index is 525. The van der Waals surface area contributed by atoms with Gasteiger partial charge in [0.05, 0.1) is 18.9 Å². The molecule has 0 fully saturated rings. The van der Waals surface area contributed by atoms with Crippen LogP contribution in [0.5, 0.6) is 11.5 Å². The van der Waals surface area contributed by atoms with Crippen LogP contribution >= 0.6 is 0 Å². The van der Waals surface area contributed by atoms with Gasteiger partial charge in [0, 0.05) is 0 Å². The van der Waals surface area contributed by atoms with Crippen molar-refractivity contribution in [3.8, 4) is 22.6 Å². The SMILES string of the molecule is COc1cc(-c2cnoc2N)cc(F)c1O. The van der Waals surface area contributed by atoms with Crippen molar-refractivity contribution in [3.63, 3.8) is 0 Å². The van der Waals surface area contributed by atoms with E-state index in [1.165, 1.54) is 19.4 Å². The highest BCUT2D eigenvalue weighted by Gasteiger charge is 2.14. The molecule has 0 atom stereocenters. The molecule has 0 radical (unpaired) electrons. The Morgan fingerprint density at radius 3 is 2.81 bits per heavy atom. The molecule has 0 spiro atoms. The van der Waals surface area contributed by atoms with E-state index in [-0.39, 0.29) is 11.6 Å². The second-order valence-corrected chi connectivity index (χ2v) is 3.11. The minimum Gasteiger partial charge on any atom is -0.502 e. The van der Waals surface area contributed by atoms with Crippen LogP contribution < -0.4 is 10.5 Å². The number of aromatic nitrogens is 1. The van der Waals surface area contributed by atoms with Crippen LogP contribution in [0.15, 0.2) is 22.9 Å². The summed E-state index contributed by atoms with van der Waals surface area (Å²) in [7, 11) is 1.33. The number of halogens is 1. The number of phenols is 1. The summed E-state index contributed by atoms with van der Waals surface area (Å²) in [5.41, 5.74) is 6.36. The largest absolute Gasteiger partial charge is 0.502 e. The van der Waals surface area contributed by atoms with Crippen LogP contribution in [0.3, 0.4) is 0 Å². The minimum atomic E-state index is -0.796. The topological polar surface area (TPSA) is 81.5 Å². The van der Waals surface area contributed by atoms with Gasteiger partial charge in [0.25, 0.3) is 0 Å². The van der Waals surface area contributed by atoms with Gasteiger partial charge in [-0.3, -0.25) is 0 Å². The fourth-order valence-corrected chi connectivity index (χ4v) is 1.35. The number of benzene rings is 1. The molecule has 16 heavy (non-hydrogen) atoms. The summed E-state index contributed by atoms with van der Waals surface area (Å²) in [4.78, 5) is 0. The number of nitrogens with zero attached hydrogens (tertiary/aromatic N) is 1. The minimum absolute atomic E-state index is 0.0237. The third kappa shape index (κ3) is 1.54. The van der Waals surface area contributed by atoms with Gasteiger partial charge in [0.2, 0.25) is 5.88 Å². The first-order chi connectivity index (χ1) is 7.63. The number of ether oxygens (including phenoxy) is 1.